The van der Waals surface area contributed by atoms with Gasteiger partial charge in [0.1, 0.15) is 5.01 Å². The van der Waals surface area contributed by atoms with Crippen LogP contribution in [0.5, 0.6) is 0 Å². The number of carbonyl (C=O) groups is 1. The zero-order valence-electron chi connectivity index (χ0n) is 10.4. The van der Waals surface area contributed by atoms with Crippen LogP contribution in [0.25, 0.3) is 11.0 Å². The summed E-state index contributed by atoms with van der Waals surface area (Å²) in [4.78, 5) is 24.6. The van der Waals surface area contributed by atoms with Crippen LogP contribution in [0.2, 0.25) is 0 Å². The van der Waals surface area contributed by atoms with Crippen LogP contribution in [-0.2, 0) is 6.54 Å². The van der Waals surface area contributed by atoms with E-state index in [0.29, 0.717) is 17.6 Å². The van der Waals surface area contributed by atoms with Gasteiger partial charge in [0.2, 0.25) is 0 Å². The van der Waals surface area contributed by atoms with Gasteiger partial charge >= 0.3 is 0 Å². The third kappa shape index (κ3) is 2.43. The third-order valence-corrected chi connectivity index (χ3v) is 3.48. The highest BCUT2D eigenvalue weighted by Crippen LogP contribution is 2.14. The molecule has 3 N–H and O–H groups in total. The molecule has 1 amide bonds. The largest absolute Gasteiger partial charge is 0.382 e. The van der Waals surface area contributed by atoms with Crippen molar-refractivity contribution in [3.63, 3.8) is 0 Å². The Hall–Kier alpha value is -2.54. The molecule has 6 nitrogen and oxygen atoms in total. The summed E-state index contributed by atoms with van der Waals surface area (Å²) in [5.41, 5.74) is 7.24. The Labute approximate surface area is 118 Å². The van der Waals surface area contributed by atoms with E-state index < -0.39 is 0 Å². The molecule has 3 aromatic rings. The highest BCUT2D eigenvalue weighted by Gasteiger charge is 2.14. The highest BCUT2D eigenvalue weighted by atomic mass is 32.1. The minimum Gasteiger partial charge on any atom is -0.382 e. The maximum atomic E-state index is 12.1. The number of rotatable bonds is 3. The van der Waals surface area contributed by atoms with Crippen molar-refractivity contribution in [1.82, 2.24) is 20.3 Å². The first-order chi connectivity index (χ1) is 9.74. The normalized spacial score (nSPS) is 10.6. The van der Waals surface area contributed by atoms with Gasteiger partial charge in [0.15, 0.2) is 11.5 Å². The van der Waals surface area contributed by atoms with E-state index >= 15 is 0 Å². The van der Waals surface area contributed by atoms with E-state index in [4.69, 9.17) is 5.73 Å². The molecule has 0 bridgehead atoms. The molecule has 0 fully saturated rings. The van der Waals surface area contributed by atoms with E-state index in [9.17, 15) is 4.79 Å². The molecule has 2 heterocycles. The quantitative estimate of drug-likeness (QED) is 0.762. The van der Waals surface area contributed by atoms with E-state index in [1.54, 1.807) is 18.3 Å². The Bertz CT molecular complexity index is 757. The van der Waals surface area contributed by atoms with Gasteiger partial charge in [0.05, 0.1) is 17.6 Å². The average Bonchev–Trinajstić information content (AvgIpc) is 2.97. The van der Waals surface area contributed by atoms with Crippen molar-refractivity contribution in [3.05, 3.63) is 46.5 Å². The van der Waals surface area contributed by atoms with Crippen LogP contribution in [0.15, 0.2) is 35.8 Å². The topological polar surface area (TPSA) is 93.8 Å². The molecule has 1 aromatic carbocycles. The fourth-order valence-corrected chi connectivity index (χ4v) is 2.32. The van der Waals surface area contributed by atoms with E-state index in [-0.39, 0.29) is 17.4 Å². The van der Waals surface area contributed by atoms with Crippen LogP contribution in [0.4, 0.5) is 5.82 Å². The second-order valence-corrected chi connectivity index (χ2v) is 5.03. The number of hydrogen-bond acceptors (Lipinski definition) is 6. The molecule has 0 spiro atoms. The van der Waals surface area contributed by atoms with Gasteiger partial charge in [-0.2, -0.15) is 0 Å². The van der Waals surface area contributed by atoms with E-state index in [1.165, 1.54) is 11.3 Å². The molecule has 0 aliphatic carbocycles. The molecule has 0 saturated heterocycles. The maximum Gasteiger partial charge on any atom is 0.274 e. The lowest BCUT2D eigenvalue weighted by Gasteiger charge is -2.06. The summed E-state index contributed by atoms with van der Waals surface area (Å²) in [6, 6.07) is 7.28. The molecule has 2 aromatic heterocycles. The van der Waals surface area contributed by atoms with Gasteiger partial charge < -0.3 is 11.1 Å². The standard InChI is InChI=1S/C13H11N5OS/c14-12-11(13(19)16-7-10-15-5-6-20-10)17-8-3-1-2-4-9(8)18-12/h1-6H,7H2,(H2,14,18)(H,16,19). The number of nitrogen functional groups attached to an aromatic ring is 1. The number of nitrogens with zero attached hydrogens (tertiary/aromatic N) is 3. The first kappa shape index (κ1) is 12.5. The number of nitrogens with two attached hydrogens (primary N) is 1. The zero-order chi connectivity index (χ0) is 13.9. The second-order valence-electron chi connectivity index (χ2n) is 4.05. The number of benzene rings is 1. The smallest absolute Gasteiger partial charge is 0.274 e. The van der Waals surface area contributed by atoms with Gasteiger partial charge in [-0.15, -0.1) is 11.3 Å². The molecule has 7 heteroatoms. The number of amides is 1. The average molecular weight is 285 g/mol. The zero-order valence-corrected chi connectivity index (χ0v) is 11.2. The first-order valence-corrected chi connectivity index (χ1v) is 6.81. The van der Waals surface area contributed by atoms with E-state index in [2.05, 4.69) is 20.3 Å². The van der Waals surface area contributed by atoms with E-state index in [0.717, 1.165) is 5.01 Å². The van der Waals surface area contributed by atoms with E-state index in [1.807, 2.05) is 17.5 Å². The summed E-state index contributed by atoms with van der Waals surface area (Å²) < 4.78 is 0. The molecule has 0 aliphatic heterocycles. The van der Waals surface area contributed by atoms with Gasteiger partial charge in [-0.25, -0.2) is 15.0 Å². The van der Waals surface area contributed by atoms with Crippen LogP contribution in [0, 0.1) is 0 Å². The van der Waals surface area contributed by atoms with Gasteiger partial charge in [0.25, 0.3) is 5.91 Å². The summed E-state index contributed by atoms with van der Waals surface area (Å²) >= 11 is 1.47. The van der Waals surface area contributed by atoms with Crippen LogP contribution in [0.3, 0.4) is 0 Å². The number of fused-ring (bicyclic) bond motifs is 1. The van der Waals surface area contributed by atoms with Crippen LogP contribution in [0.1, 0.15) is 15.5 Å². The maximum absolute atomic E-state index is 12.1. The molecule has 20 heavy (non-hydrogen) atoms. The summed E-state index contributed by atoms with van der Waals surface area (Å²) in [5, 5.41) is 5.41. The molecule has 3 rings (SSSR count). The van der Waals surface area contributed by atoms with Crippen molar-refractivity contribution in [2.24, 2.45) is 0 Å². The van der Waals surface area contributed by atoms with Gasteiger partial charge in [0, 0.05) is 11.6 Å². The second kappa shape index (κ2) is 5.22. The molecule has 0 radical (unpaired) electrons. The lowest BCUT2D eigenvalue weighted by atomic mass is 10.2. The monoisotopic (exact) mass is 285 g/mol. The first-order valence-electron chi connectivity index (χ1n) is 5.93. The number of para-hydroxylation sites is 2. The predicted molar refractivity (Wildman–Crippen MR) is 77.2 cm³/mol. The number of nitrogens with one attached hydrogen (secondary N) is 1. The Morgan fingerprint density at radius 2 is 2.00 bits per heavy atom. The van der Waals surface area contributed by atoms with Crippen molar-refractivity contribution in [3.8, 4) is 0 Å². The Morgan fingerprint density at radius 1 is 1.25 bits per heavy atom. The van der Waals surface area contributed by atoms with Crippen molar-refractivity contribution in [2.45, 2.75) is 6.54 Å². The number of anilines is 1. The Balaban J connectivity index is 1.85. The molecule has 0 unspecified atom stereocenters. The summed E-state index contributed by atoms with van der Waals surface area (Å²) in [6.07, 6.45) is 1.69. The molecular weight excluding hydrogens is 274 g/mol. The number of aromatic nitrogens is 3. The minimum absolute atomic E-state index is 0.125. The van der Waals surface area contributed by atoms with Crippen molar-refractivity contribution >= 4 is 34.1 Å². The predicted octanol–water partition coefficient (Wildman–Crippen LogP) is 1.60. The minimum atomic E-state index is -0.351. The van der Waals surface area contributed by atoms with Gasteiger partial charge in [-0.3, -0.25) is 4.79 Å². The summed E-state index contributed by atoms with van der Waals surface area (Å²) in [6.45, 7) is 0.352. The SMILES string of the molecule is Nc1nc2ccccc2nc1C(=O)NCc1nccs1. The fraction of sp³-hybridized carbons (Fsp3) is 0.0769. The van der Waals surface area contributed by atoms with Crippen molar-refractivity contribution in [1.29, 1.82) is 0 Å². The van der Waals surface area contributed by atoms with Crippen LogP contribution >= 0.6 is 11.3 Å². The summed E-state index contributed by atoms with van der Waals surface area (Å²) in [7, 11) is 0. The number of carbonyl (C=O) groups excluding carboxylic acids is 1. The van der Waals surface area contributed by atoms with Crippen molar-refractivity contribution < 1.29 is 4.79 Å². The lowest BCUT2D eigenvalue weighted by molar-refractivity contribution is 0.0947. The van der Waals surface area contributed by atoms with Crippen molar-refractivity contribution in [2.75, 3.05) is 5.73 Å². The Morgan fingerprint density at radius 3 is 2.70 bits per heavy atom. The number of thiazole rings is 1. The third-order valence-electron chi connectivity index (χ3n) is 2.70. The Kier molecular flexibility index (Phi) is 3.26. The molecule has 0 aliphatic rings. The van der Waals surface area contributed by atoms with Gasteiger partial charge in [-0.05, 0) is 12.1 Å². The number of hydrogen-bond donors (Lipinski definition) is 2. The lowest BCUT2D eigenvalue weighted by Crippen LogP contribution is -2.25. The molecule has 100 valence electrons. The molecule has 0 saturated carbocycles. The fourth-order valence-electron chi connectivity index (χ4n) is 1.76. The van der Waals surface area contributed by atoms with Crippen LogP contribution < -0.4 is 11.1 Å². The highest BCUT2D eigenvalue weighted by molar-refractivity contribution is 7.09. The van der Waals surface area contributed by atoms with Gasteiger partial charge in [-0.1, -0.05) is 12.1 Å². The molecule has 0 atom stereocenters. The molecular formula is C13H11N5OS. The van der Waals surface area contributed by atoms with Crippen LogP contribution in [-0.4, -0.2) is 20.9 Å². The summed E-state index contributed by atoms with van der Waals surface area (Å²) in [5.74, 6) is -0.226.